The van der Waals surface area contributed by atoms with Gasteiger partial charge in [-0.2, -0.15) is 0 Å². The fraction of sp³-hybridized carbons (Fsp3) is 0.241. The van der Waals surface area contributed by atoms with Crippen molar-refractivity contribution < 1.29 is 19.1 Å². The van der Waals surface area contributed by atoms with Crippen LogP contribution in [0.25, 0.3) is 11.8 Å². The van der Waals surface area contributed by atoms with Gasteiger partial charge in [0.1, 0.15) is 5.57 Å². The van der Waals surface area contributed by atoms with Crippen molar-refractivity contribution in [1.82, 2.24) is 9.88 Å². The lowest BCUT2D eigenvalue weighted by atomic mass is 10.0. The Morgan fingerprint density at radius 2 is 1.65 bits per heavy atom. The van der Waals surface area contributed by atoms with Gasteiger partial charge >= 0.3 is 5.97 Å². The first kappa shape index (κ1) is 26.0. The second-order valence-corrected chi connectivity index (χ2v) is 9.52. The number of aryl methyl sites for hydroxylation is 1. The molecule has 0 saturated carbocycles. The lowest BCUT2D eigenvalue weighted by molar-refractivity contribution is -0.122. The molecule has 190 valence electrons. The van der Waals surface area contributed by atoms with Crippen LogP contribution in [0, 0.1) is 13.8 Å². The summed E-state index contributed by atoms with van der Waals surface area (Å²) in [6.07, 6.45) is 1.60. The highest BCUT2D eigenvalue weighted by Gasteiger charge is 2.34. The number of rotatable bonds is 6. The molecule has 8 heteroatoms. The highest BCUT2D eigenvalue weighted by molar-refractivity contribution is 7.80. The minimum atomic E-state index is -0.534. The Kier molecular flexibility index (Phi) is 7.40. The molecule has 1 N–H and O–H groups in total. The van der Waals surface area contributed by atoms with E-state index in [9.17, 15) is 14.4 Å². The van der Waals surface area contributed by atoms with Gasteiger partial charge in [-0.15, -0.1) is 0 Å². The Morgan fingerprint density at radius 3 is 2.24 bits per heavy atom. The summed E-state index contributed by atoms with van der Waals surface area (Å²) in [6.45, 7) is 10.1. The number of carbonyl (C=O) groups is 3. The van der Waals surface area contributed by atoms with Gasteiger partial charge in [0.05, 0.1) is 17.9 Å². The summed E-state index contributed by atoms with van der Waals surface area (Å²) in [6, 6.07) is 16.6. The van der Waals surface area contributed by atoms with Gasteiger partial charge in [0, 0.05) is 17.1 Å². The van der Waals surface area contributed by atoms with Gasteiger partial charge in [0.15, 0.2) is 5.11 Å². The summed E-state index contributed by atoms with van der Waals surface area (Å²) in [5.74, 6) is -1.03. The zero-order valence-electron chi connectivity index (χ0n) is 21.5. The van der Waals surface area contributed by atoms with Gasteiger partial charge in [-0.1, -0.05) is 26.0 Å². The summed E-state index contributed by atoms with van der Waals surface area (Å²) in [5, 5.41) is 2.70. The Morgan fingerprint density at radius 1 is 1.03 bits per heavy atom. The van der Waals surface area contributed by atoms with Crippen molar-refractivity contribution in [2.24, 2.45) is 0 Å². The van der Waals surface area contributed by atoms with Gasteiger partial charge in [-0.25, -0.2) is 4.79 Å². The SMILES string of the molecule is CCOC(=O)c1ccc(-n2c(C)cc(/C=C3\C(=O)NC(=S)N(c4ccc(C(C)C)cc4)C3=O)c2C)cc1. The molecule has 2 aromatic carbocycles. The minimum Gasteiger partial charge on any atom is -0.462 e. The molecular weight excluding hydrogens is 486 g/mol. The summed E-state index contributed by atoms with van der Waals surface area (Å²) in [7, 11) is 0. The molecule has 37 heavy (non-hydrogen) atoms. The number of nitrogens with one attached hydrogen (secondary N) is 1. The van der Waals surface area contributed by atoms with Crippen molar-refractivity contribution in [2.75, 3.05) is 11.5 Å². The zero-order chi connectivity index (χ0) is 26.9. The fourth-order valence-corrected chi connectivity index (χ4v) is 4.63. The highest BCUT2D eigenvalue weighted by atomic mass is 32.1. The molecule has 1 aliphatic rings. The maximum absolute atomic E-state index is 13.5. The molecule has 0 bridgehead atoms. The Bertz CT molecular complexity index is 1420. The predicted molar refractivity (Wildman–Crippen MR) is 148 cm³/mol. The molecule has 0 spiro atoms. The van der Waals surface area contributed by atoms with Crippen LogP contribution in [0.2, 0.25) is 0 Å². The van der Waals surface area contributed by atoms with Crippen LogP contribution >= 0.6 is 12.2 Å². The first-order valence-corrected chi connectivity index (χ1v) is 12.5. The molecule has 0 atom stereocenters. The molecule has 4 rings (SSSR count). The number of hydrogen-bond acceptors (Lipinski definition) is 5. The van der Waals surface area contributed by atoms with Crippen LogP contribution < -0.4 is 10.2 Å². The number of nitrogens with zero attached hydrogens (tertiary/aromatic N) is 2. The zero-order valence-corrected chi connectivity index (χ0v) is 22.3. The van der Waals surface area contributed by atoms with Crippen molar-refractivity contribution >= 4 is 46.9 Å². The molecular formula is C29H29N3O4S. The third-order valence-corrected chi connectivity index (χ3v) is 6.61. The average Bonchev–Trinajstić information content (AvgIpc) is 3.14. The van der Waals surface area contributed by atoms with E-state index in [4.69, 9.17) is 17.0 Å². The maximum Gasteiger partial charge on any atom is 0.338 e. The summed E-state index contributed by atoms with van der Waals surface area (Å²) in [4.78, 5) is 39.6. The highest BCUT2D eigenvalue weighted by Crippen LogP contribution is 2.27. The molecule has 1 saturated heterocycles. The molecule has 0 aliphatic carbocycles. The number of thiocarbonyl (C=S) groups is 1. The maximum atomic E-state index is 13.5. The summed E-state index contributed by atoms with van der Waals surface area (Å²) >= 11 is 5.33. The van der Waals surface area contributed by atoms with E-state index < -0.39 is 11.8 Å². The smallest absolute Gasteiger partial charge is 0.338 e. The van der Waals surface area contributed by atoms with E-state index in [1.54, 1.807) is 25.1 Å². The van der Waals surface area contributed by atoms with Gasteiger partial charge in [0.25, 0.3) is 11.8 Å². The van der Waals surface area contributed by atoms with Crippen LogP contribution in [0.4, 0.5) is 5.69 Å². The van der Waals surface area contributed by atoms with Gasteiger partial charge in [-0.3, -0.25) is 19.8 Å². The second-order valence-electron chi connectivity index (χ2n) is 9.13. The molecule has 0 unspecified atom stereocenters. The van der Waals surface area contributed by atoms with Crippen LogP contribution in [0.15, 0.2) is 60.2 Å². The van der Waals surface area contributed by atoms with Gasteiger partial charge in [-0.05, 0) is 98.6 Å². The molecule has 1 fully saturated rings. The van der Waals surface area contributed by atoms with Crippen LogP contribution in [0.5, 0.6) is 0 Å². The molecule has 1 aliphatic heterocycles. The van der Waals surface area contributed by atoms with Crippen molar-refractivity contribution in [3.63, 3.8) is 0 Å². The normalized spacial score (nSPS) is 14.9. The number of esters is 1. The van der Waals surface area contributed by atoms with Crippen molar-refractivity contribution in [3.05, 3.63) is 88.2 Å². The topological polar surface area (TPSA) is 80.6 Å². The summed E-state index contributed by atoms with van der Waals surface area (Å²) < 4.78 is 7.06. The number of amides is 2. The first-order valence-electron chi connectivity index (χ1n) is 12.1. The quantitative estimate of drug-likeness (QED) is 0.211. The summed E-state index contributed by atoms with van der Waals surface area (Å²) in [5.41, 5.74) is 5.54. The van der Waals surface area contributed by atoms with E-state index >= 15 is 0 Å². The number of hydrogen-bond donors (Lipinski definition) is 1. The fourth-order valence-electron chi connectivity index (χ4n) is 4.35. The predicted octanol–water partition coefficient (Wildman–Crippen LogP) is 5.23. The number of ether oxygens (including phenoxy) is 1. The van der Waals surface area contributed by atoms with E-state index in [-0.39, 0.29) is 16.7 Å². The van der Waals surface area contributed by atoms with Crippen molar-refractivity contribution in [3.8, 4) is 5.69 Å². The van der Waals surface area contributed by atoms with Gasteiger partial charge in [0.2, 0.25) is 0 Å². The molecule has 0 radical (unpaired) electrons. The Hall–Kier alpha value is -4.04. The largest absolute Gasteiger partial charge is 0.462 e. The Labute approximate surface area is 221 Å². The molecule has 7 nitrogen and oxygen atoms in total. The molecule has 3 aromatic rings. The van der Waals surface area contributed by atoms with Crippen molar-refractivity contribution in [1.29, 1.82) is 0 Å². The van der Waals surface area contributed by atoms with Crippen LogP contribution in [0.1, 0.15) is 59.6 Å². The van der Waals surface area contributed by atoms with E-state index in [1.807, 2.05) is 60.9 Å². The van der Waals surface area contributed by atoms with E-state index in [0.29, 0.717) is 23.8 Å². The first-order chi connectivity index (χ1) is 17.6. The van der Waals surface area contributed by atoms with E-state index in [2.05, 4.69) is 19.2 Å². The van der Waals surface area contributed by atoms with Crippen molar-refractivity contribution in [2.45, 2.75) is 40.5 Å². The molecule has 2 amide bonds. The number of benzene rings is 2. The van der Waals surface area contributed by atoms with Crippen LogP contribution in [0.3, 0.4) is 0 Å². The molecule has 1 aromatic heterocycles. The average molecular weight is 516 g/mol. The van der Waals surface area contributed by atoms with Crippen LogP contribution in [-0.4, -0.2) is 34.1 Å². The standard InChI is InChI=1S/C29H29N3O4S/c1-6-36-28(35)21-9-13-23(14-10-21)31-18(4)15-22(19(31)5)16-25-26(33)30-29(37)32(27(25)34)24-11-7-20(8-12-24)17(2)3/h7-17H,6H2,1-5H3,(H,30,33,37)/b25-16+. The number of anilines is 1. The lowest BCUT2D eigenvalue weighted by Gasteiger charge is -2.29. The number of carbonyl (C=O) groups excluding carboxylic acids is 3. The Balaban J connectivity index is 1.67. The second kappa shape index (κ2) is 10.5. The monoisotopic (exact) mass is 515 g/mol. The van der Waals surface area contributed by atoms with E-state index in [1.165, 1.54) is 4.90 Å². The minimum absolute atomic E-state index is 0.000514. The third-order valence-electron chi connectivity index (χ3n) is 6.33. The van der Waals surface area contributed by atoms with Gasteiger partial charge < -0.3 is 9.30 Å². The third kappa shape index (κ3) is 5.11. The lowest BCUT2D eigenvalue weighted by Crippen LogP contribution is -2.54. The molecule has 2 heterocycles. The van der Waals surface area contributed by atoms with Crippen LogP contribution in [-0.2, 0) is 14.3 Å². The van der Waals surface area contributed by atoms with E-state index in [0.717, 1.165) is 28.2 Å². The number of aromatic nitrogens is 1.